The Bertz CT molecular complexity index is 1070. The first-order chi connectivity index (χ1) is 14.0. The molecule has 0 bridgehead atoms. The lowest BCUT2D eigenvalue weighted by Crippen LogP contribution is -2.44. The third-order valence-electron chi connectivity index (χ3n) is 4.97. The molecule has 2 aromatic heterocycles. The average molecular weight is 410 g/mol. The number of hydrogen-bond acceptors (Lipinski definition) is 6. The Hall–Kier alpha value is -2.84. The van der Waals surface area contributed by atoms with Gasteiger partial charge in [-0.2, -0.15) is 0 Å². The molecule has 0 atom stereocenters. The van der Waals surface area contributed by atoms with Crippen molar-refractivity contribution in [1.29, 1.82) is 0 Å². The van der Waals surface area contributed by atoms with Crippen molar-refractivity contribution in [2.24, 2.45) is 0 Å². The number of aryl methyl sites for hydroxylation is 1. The van der Waals surface area contributed by atoms with Crippen LogP contribution in [0.4, 0.5) is 5.82 Å². The number of hydrogen-bond donors (Lipinski definition) is 1. The second-order valence-electron chi connectivity index (χ2n) is 7.12. The molecule has 1 saturated heterocycles. The second kappa shape index (κ2) is 8.26. The van der Waals surface area contributed by atoms with E-state index >= 15 is 0 Å². The molecule has 1 aliphatic heterocycles. The zero-order valence-corrected chi connectivity index (χ0v) is 17.0. The summed E-state index contributed by atoms with van der Waals surface area (Å²) < 4.78 is 27.9. The van der Waals surface area contributed by atoms with Crippen molar-refractivity contribution in [1.82, 2.24) is 19.7 Å². The Morgan fingerprint density at radius 2 is 1.69 bits per heavy atom. The number of pyridine rings is 1. The zero-order chi connectivity index (χ0) is 20.3. The first-order valence-electron chi connectivity index (χ1n) is 9.60. The lowest BCUT2D eigenvalue weighted by molar-refractivity contribution is 0.458. The molecule has 29 heavy (non-hydrogen) atoms. The van der Waals surface area contributed by atoms with E-state index in [1.54, 1.807) is 42.7 Å². The lowest BCUT2D eigenvalue weighted by atomic mass is 10.1. The van der Waals surface area contributed by atoms with E-state index in [0.717, 1.165) is 43.0 Å². The number of aromatic nitrogens is 3. The van der Waals surface area contributed by atoms with E-state index < -0.39 is 10.0 Å². The van der Waals surface area contributed by atoms with Crippen LogP contribution in [0, 0.1) is 6.92 Å². The van der Waals surface area contributed by atoms with Gasteiger partial charge in [-0.15, -0.1) is 0 Å². The fraction of sp³-hybridized carbons (Fsp3) is 0.286. The third kappa shape index (κ3) is 4.60. The fourth-order valence-corrected chi connectivity index (χ4v) is 4.78. The zero-order valence-electron chi connectivity index (χ0n) is 16.2. The summed E-state index contributed by atoms with van der Waals surface area (Å²) in [7, 11) is -3.49. The van der Waals surface area contributed by atoms with Crippen LogP contribution in [-0.2, 0) is 10.0 Å². The minimum atomic E-state index is -3.49. The van der Waals surface area contributed by atoms with E-state index in [9.17, 15) is 8.42 Å². The maximum atomic E-state index is 12.5. The molecule has 1 N–H and O–H groups in total. The van der Waals surface area contributed by atoms with Gasteiger partial charge in [0.05, 0.1) is 4.90 Å². The van der Waals surface area contributed by atoms with Gasteiger partial charge >= 0.3 is 0 Å². The smallest absolute Gasteiger partial charge is 0.240 e. The Balaban J connectivity index is 1.44. The Kier molecular flexibility index (Phi) is 5.55. The van der Waals surface area contributed by atoms with Crippen LogP contribution in [0.3, 0.4) is 0 Å². The normalized spacial score (nSPS) is 15.4. The van der Waals surface area contributed by atoms with Crippen LogP contribution in [0.5, 0.6) is 0 Å². The van der Waals surface area contributed by atoms with Crippen LogP contribution in [0.15, 0.2) is 65.8 Å². The highest BCUT2D eigenvalue weighted by molar-refractivity contribution is 7.89. The number of benzene rings is 1. The van der Waals surface area contributed by atoms with Crippen molar-refractivity contribution >= 4 is 15.8 Å². The van der Waals surface area contributed by atoms with Crippen molar-refractivity contribution in [2.45, 2.75) is 30.7 Å². The summed E-state index contributed by atoms with van der Waals surface area (Å²) in [6, 6.07) is 14.2. The highest BCUT2D eigenvalue weighted by Crippen LogP contribution is 2.23. The van der Waals surface area contributed by atoms with Crippen LogP contribution in [0.25, 0.3) is 11.4 Å². The molecule has 7 nitrogen and oxygen atoms in total. The van der Waals surface area contributed by atoms with E-state index in [2.05, 4.69) is 19.6 Å². The van der Waals surface area contributed by atoms with Gasteiger partial charge in [0.15, 0.2) is 5.82 Å². The van der Waals surface area contributed by atoms with Gasteiger partial charge in [0.2, 0.25) is 10.0 Å². The minimum absolute atomic E-state index is 0.0842. The van der Waals surface area contributed by atoms with Gasteiger partial charge in [0, 0.05) is 48.8 Å². The molecule has 0 radical (unpaired) electrons. The number of rotatable bonds is 5. The summed E-state index contributed by atoms with van der Waals surface area (Å²) in [6.45, 7) is 3.42. The van der Waals surface area contributed by atoms with E-state index in [-0.39, 0.29) is 6.04 Å². The van der Waals surface area contributed by atoms with Crippen LogP contribution >= 0.6 is 0 Å². The standard InChI is InChI=1S/C21H23N5O2S/c1-16-15-20(24-21(23-16)17-7-11-22-12-8-17)26-13-9-18(10-14-26)25-29(27,28)19-5-3-2-4-6-19/h2-8,11-12,15,18,25H,9-10,13-14H2,1H3. The lowest BCUT2D eigenvalue weighted by Gasteiger charge is -2.33. The molecule has 0 aliphatic carbocycles. The van der Waals surface area contributed by atoms with Crippen molar-refractivity contribution in [3.8, 4) is 11.4 Å². The molecule has 0 saturated carbocycles. The maximum Gasteiger partial charge on any atom is 0.240 e. The number of piperidine rings is 1. The third-order valence-corrected chi connectivity index (χ3v) is 6.51. The van der Waals surface area contributed by atoms with Crippen LogP contribution in [0.2, 0.25) is 0 Å². The largest absolute Gasteiger partial charge is 0.356 e. The SMILES string of the molecule is Cc1cc(N2CCC(NS(=O)(=O)c3ccccc3)CC2)nc(-c2ccncc2)n1. The highest BCUT2D eigenvalue weighted by atomic mass is 32.2. The summed E-state index contributed by atoms with van der Waals surface area (Å²) in [5.41, 5.74) is 1.82. The number of nitrogens with zero attached hydrogens (tertiary/aromatic N) is 4. The van der Waals surface area contributed by atoms with Gasteiger partial charge in [-0.1, -0.05) is 18.2 Å². The molecule has 4 rings (SSSR count). The molecule has 0 amide bonds. The van der Waals surface area contributed by atoms with Gasteiger partial charge in [0.1, 0.15) is 5.82 Å². The average Bonchev–Trinajstić information content (AvgIpc) is 2.75. The topological polar surface area (TPSA) is 88.1 Å². The predicted octanol–water partition coefficient (Wildman–Crippen LogP) is 2.79. The molecule has 1 aliphatic rings. The monoisotopic (exact) mass is 409 g/mol. The number of nitrogens with one attached hydrogen (secondary N) is 1. The quantitative estimate of drug-likeness (QED) is 0.697. The van der Waals surface area contributed by atoms with E-state index in [1.807, 2.05) is 25.1 Å². The summed E-state index contributed by atoms with van der Waals surface area (Å²) in [5, 5.41) is 0. The first-order valence-corrected chi connectivity index (χ1v) is 11.1. The summed E-state index contributed by atoms with van der Waals surface area (Å²) in [5.74, 6) is 1.54. The van der Waals surface area contributed by atoms with Gasteiger partial charge in [-0.25, -0.2) is 23.1 Å². The van der Waals surface area contributed by atoms with E-state index in [0.29, 0.717) is 10.7 Å². The Morgan fingerprint density at radius 3 is 2.38 bits per heavy atom. The molecular formula is C21H23N5O2S. The molecule has 3 heterocycles. The number of anilines is 1. The van der Waals surface area contributed by atoms with Gasteiger partial charge in [-0.3, -0.25) is 4.98 Å². The van der Waals surface area contributed by atoms with Gasteiger partial charge in [-0.05, 0) is 44.0 Å². The van der Waals surface area contributed by atoms with Gasteiger partial charge in [0.25, 0.3) is 0 Å². The van der Waals surface area contributed by atoms with Crippen molar-refractivity contribution in [3.05, 3.63) is 66.6 Å². The molecule has 8 heteroatoms. The molecule has 0 unspecified atom stereocenters. The molecule has 1 fully saturated rings. The van der Waals surface area contributed by atoms with Crippen molar-refractivity contribution in [3.63, 3.8) is 0 Å². The minimum Gasteiger partial charge on any atom is -0.356 e. The van der Waals surface area contributed by atoms with Gasteiger partial charge < -0.3 is 4.90 Å². The summed E-state index contributed by atoms with van der Waals surface area (Å²) >= 11 is 0. The molecule has 0 spiro atoms. The Morgan fingerprint density at radius 1 is 1.00 bits per heavy atom. The summed E-state index contributed by atoms with van der Waals surface area (Å²) in [6.07, 6.45) is 4.90. The summed E-state index contributed by atoms with van der Waals surface area (Å²) in [4.78, 5) is 15.8. The van der Waals surface area contributed by atoms with Crippen LogP contribution in [0.1, 0.15) is 18.5 Å². The molecular weight excluding hydrogens is 386 g/mol. The van der Waals surface area contributed by atoms with Crippen molar-refractivity contribution < 1.29 is 8.42 Å². The Labute approximate surface area is 170 Å². The van der Waals surface area contributed by atoms with Crippen LogP contribution in [-0.4, -0.2) is 42.5 Å². The maximum absolute atomic E-state index is 12.5. The van der Waals surface area contributed by atoms with Crippen LogP contribution < -0.4 is 9.62 Å². The van der Waals surface area contributed by atoms with Crippen molar-refractivity contribution in [2.75, 3.05) is 18.0 Å². The highest BCUT2D eigenvalue weighted by Gasteiger charge is 2.25. The molecule has 150 valence electrons. The first kappa shape index (κ1) is 19.5. The van der Waals surface area contributed by atoms with E-state index in [1.165, 1.54) is 0 Å². The number of sulfonamides is 1. The predicted molar refractivity (Wildman–Crippen MR) is 112 cm³/mol. The molecule has 3 aromatic rings. The van der Waals surface area contributed by atoms with E-state index in [4.69, 9.17) is 4.98 Å². The fourth-order valence-electron chi connectivity index (χ4n) is 3.46. The molecule has 1 aromatic carbocycles. The second-order valence-corrected chi connectivity index (χ2v) is 8.84.